The maximum absolute atomic E-state index is 14.2. The van der Waals surface area contributed by atoms with Crippen LogP contribution in [0.4, 0.5) is 5.69 Å². The quantitative estimate of drug-likeness (QED) is 0.590. The number of anilines is 1. The molecule has 198 valence electrons. The van der Waals surface area contributed by atoms with Gasteiger partial charge in [-0.3, -0.25) is 14.4 Å². The number of nitrogens with one attached hydrogen (secondary N) is 2. The van der Waals surface area contributed by atoms with Crippen molar-refractivity contribution < 1.29 is 19.1 Å². The van der Waals surface area contributed by atoms with E-state index < -0.39 is 29.6 Å². The number of hydrogen-bond acceptors (Lipinski definition) is 4. The molecule has 1 spiro atoms. The van der Waals surface area contributed by atoms with Gasteiger partial charge in [0.25, 0.3) is 0 Å². The number of hydrogen-bond donors (Lipinski definition) is 2. The van der Waals surface area contributed by atoms with E-state index in [0.717, 1.165) is 56.9 Å². The summed E-state index contributed by atoms with van der Waals surface area (Å²) in [5.74, 6) is -1.37. The van der Waals surface area contributed by atoms with Gasteiger partial charge in [-0.15, -0.1) is 0 Å². The van der Waals surface area contributed by atoms with E-state index in [-0.39, 0.29) is 29.8 Å². The number of likely N-dealkylation sites (tertiary alicyclic amines) is 1. The average Bonchev–Trinajstić information content (AvgIpc) is 3.53. The van der Waals surface area contributed by atoms with Gasteiger partial charge in [-0.2, -0.15) is 0 Å². The molecule has 1 aromatic rings. The number of benzene rings is 1. The molecule has 0 unspecified atom stereocenters. The zero-order valence-electron chi connectivity index (χ0n) is 21.9. The van der Waals surface area contributed by atoms with Crippen molar-refractivity contribution >= 4 is 23.4 Å². The summed E-state index contributed by atoms with van der Waals surface area (Å²) in [6.07, 6.45) is 12.7. The number of aryl methyl sites for hydroxylation is 1. The molecule has 7 atom stereocenters. The number of carbonyl (C=O) groups excluding carboxylic acids is 3. The summed E-state index contributed by atoms with van der Waals surface area (Å²) in [4.78, 5) is 43.7. The normalized spacial score (nSPS) is 37.0. The van der Waals surface area contributed by atoms with Gasteiger partial charge in [0.1, 0.15) is 11.6 Å². The molecule has 7 heteroatoms. The van der Waals surface area contributed by atoms with Crippen molar-refractivity contribution in [2.75, 3.05) is 5.32 Å². The van der Waals surface area contributed by atoms with Gasteiger partial charge in [0.15, 0.2) is 0 Å². The van der Waals surface area contributed by atoms with Crippen molar-refractivity contribution in [3.63, 3.8) is 0 Å². The fourth-order valence-electron chi connectivity index (χ4n) is 7.70. The lowest BCUT2D eigenvalue weighted by atomic mass is 9.74. The van der Waals surface area contributed by atoms with E-state index in [1.54, 1.807) is 0 Å². The molecule has 2 aliphatic carbocycles. The fraction of sp³-hybridized carbons (Fsp3) is 0.633. The standard InChI is InChI=1S/C30H39N3O4/c1-18-9-8-11-20(17-18)31-27(34)24-23-15-16-30(37-23)25(24)29(36)33(21-12-4-3-5-13-21)26(30)28(35)32-22-14-7-6-10-19(22)2/h8-9,11,15-17,19,21-26H,3-7,10,12-14H2,1-2H3,(H,31,34)(H,32,35)/t19-,22-,23-,24+,25-,26-,30-/m1/s1. The highest BCUT2D eigenvalue weighted by atomic mass is 16.5. The number of amides is 3. The largest absolute Gasteiger partial charge is 0.359 e. The second-order valence-electron chi connectivity index (χ2n) is 12.0. The molecule has 1 aromatic carbocycles. The number of nitrogens with zero attached hydrogens (tertiary/aromatic N) is 1. The molecule has 5 aliphatic rings. The highest BCUT2D eigenvalue weighted by molar-refractivity contribution is 6.03. The molecule has 2 N–H and O–H groups in total. The lowest BCUT2D eigenvalue weighted by molar-refractivity contribution is -0.145. The Kier molecular flexibility index (Phi) is 6.38. The van der Waals surface area contributed by atoms with E-state index in [1.807, 2.05) is 48.2 Å². The molecular formula is C30H39N3O4. The van der Waals surface area contributed by atoms with Crippen LogP contribution in [0.25, 0.3) is 0 Å². The van der Waals surface area contributed by atoms with Crippen molar-refractivity contribution in [3.8, 4) is 0 Å². The van der Waals surface area contributed by atoms with Crippen molar-refractivity contribution in [2.45, 2.75) is 101 Å². The summed E-state index contributed by atoms with van der Waals surface area (Å²) in [5.41, 5.74) is 0.670. The first-order valence-electron chi connectivity index (χ1n) is 14.3. The topological polar surface area (TPSA) is 87.7 Å². The van der Waals surface area contributed by atoms with E-state index in [9.17, 15) is 14.4 Å². The Bertz CT molecular complexity index is 1110. The highest BCUT2D eigenvalue weighted by Crippen LogP contribution is 2.56. The molecule has 2 saturated heterocycles. The Morgan fingerprint density at radius 3 is 2.54 bits per heavy atom. The maximum atomic E-state index is 14.2. The molecule has 3 amide bonds. The lowest BCUT2D eigenvalue weighted by Gasteiger charge is -2.40. The Morgan fingerprint density at radius 1 is 1.03 bits per heavy atom. The third-order valence-electron chi connectivity index (χ3n) is 9.56. The second kappa shape index (κ2) is 9.57. The minimum Gasteiger partial charge on any atom is -0.359 e. The van der Waals surface area contributed by atoms with Crippen LogP contribution in [-0.4, -0.2) is 52.5 Å². The minimum absolute atomic E-state index is 0.0114. The van der Waals surface area contributed by atoms with Crippen LogP contribution in [0.15, 0.2) is 36.4 Å². The third-order valence-corrected chi connectivity index (χ3v) is 9.56. The molecule has 4 fully saturated rings. The van der Waals surface area contributed by atoms with Gasteiger partial charge < -0.3 is 20.3 Å². The number of ether oxygens (including phenoxy) is 1. The van der Waals surface area contributed by atoms with Gasteiger partial charge in [-0.1, -0.05) is 63.3 Å². The van der Waals surface area contributed by atoms with Crippen LogP contribution in [0.1, 0.15) is 70.3 Å². The van der Waals surface area contributed by atoms with Crippen molar-refractivity contribution in [3.05, 3.63) is 42.0 Å². The van der Waals surface area contributed by atoms with Crippen LogP contribution < -0.4 is 10.6 Å². The van der Waals surface area contributed by atoms with Gasteiger partial charge in [-0.25, -0.2) is 0 Å². The molecular weight excluding hydrogens is 466 g/mol. The summed E-state index contributed by atoms with van der Waals surface area (Å²) >= 11 is 0. The second-order valence-corrected chi connectivity index (χ2v) is 12.0. The Morgan fingerprint density at radius 2 is 1.78 bits per heavy atom. The van der Waals surface area contributed by atoms with E-state index >= 15 is 0 Å². The molecule has 37 heavy (non-hydrogen) atoms. The minimum atomic E-state index is -1.09. The first kappa shape index (κ1) is 24.7. The van der Waals surface area contributed by atoms with E-state index in [2.05, 4.69) is 17.6 Å². The van der Waals surface area contributed by atoms with Crippen LogP contribution in [-0.2, 0) is 19.1 Å². The lowest BCUT2D eigenvalue weighted by Crippen LogP contribution is -2.59. The fourth-order valence-corrected chi connectivity index (χ4v) is 7.70. The zero-order chi connectivity index (χ0) is 25.7. The molecule has 6 rings (SSSR count). The SMILES string of the molecule is Cc1cccc(NC(=O)[C@H]2[C@H]3C=C[C@@]4(O3)[C@H]2C(=O)N(C2CCCCC2)[C@@H]4C(=O)N[C@@H]2CCCC[C@H]2C)c1. The Balaban J connectivity index is 1.32. The van der Waals surface area contributed by atoms with Gasteiger partial charge >= 0.3 is 0 Å². The monoisotopic (exact) mass is 505 g/mol. The Hall–Kier alpha value is -2.67. The summed E-state index contributed by atoms with van der Waals surface area (Å²) in [7, 11) is 0. The zero-order valence-corrected chi connectivity index (χ0v) is 21.9. The van der Waals surface area contributed by atoms with Crippen LogP contribution >= 0.6 is 0 Å². The number of rotatable bonds is 5. The molecule has 2 saturated carbocycles. The van der Waals surface area contributed by atoms with Crippen LogP contribution in [0.2, 0.25) is 0 Å². The van der Waals surface area contributed by atoms with E-state index in [4.69, 9.17) is 4.74 Å². The van der Waals surface area contributed by atoms with Gasteiger partial charge in [0.2, 0.25) is 17.7 Å². The average molecular weight is 506 g/mol. The summed E-state index contributed by atoms with van der Waals surface area (Å²) in [6.45, 7) is 4.18. The van der Waals surface area contributed by atoms with Crippen molar-refractivity contribution in [1.82, 2.24) is 10.2 Å². The smallest absolute Gasteiger partial charge is 0.246 e. The van der Waals surface area contributed by atoms with Crippen molar-refractivity contribution in [1.29, 1.82) is 0 Å². The van der Waals surface area contributed by atoms with Gasteiger partial charge in [0, 0.05) is 17.8 Å². The maximum Gasteiger partial charge on any atom is 0.246 e. The first-order valence-corrected chi connectivity index (χ1v) is 14.3. The summed E-state index contributed by atoms with van der Waals surface area (Å²) < 4.78 is 6.53. The first-order chi connectivity index (χ1) is 17.9. The third kappa shape index (κ3) is 4.10. The predicted octanol–water partition coefficient (Wildman–Crippen LogP) is 4.11. The van der Waals surface area contributed by atoms with Crippen molar-refractivity contribution in [2.24, 2.45) is 17.8 Å². The molecule has 2 bridgehead atoms. The molecule has 0 aromatic heterocycles. The van der Waals surface area contributed by atoms with Gasteiger partial charge in [-0.05, 0) is 56.2 Å². The van der Waals surface area contributed by atoms with Crippen LogP contribution in [0.5, 0.6) is 0 Å². The number of carbonyl (C=O) groups is 3. The van der Waals surface area contributed by atoms with Gasteiger partial charge in [0.05, 0.1) is 17.9 Å². The van der Waals surface area contributed by atoms with E-state index in [0.29, 0.717) is 11.6 Å². The van der Waals surface area contributed by atoms with Crippen LogP contribution in [0.3, 0.4) is 0 Å². The molecule has 3 aliphatic heterocycles. The van der Waals surface area contributed by atoms with E-state index in [1.165, 1.54) is 6.42 Å². The predicted molar refractivity (Wildman–Crippen MR) is 141 cm³/mol. The molecule has 7 nitrogen and oxygen atoms in total. The summed E-state index contributed by atoms with van der Waals surface area (Å²) in [5, 5.41) is 6.36. The number of fused-ring (bicyclic) bond motifs is 1. The van der Waals surface area contributed by atoms with Crippen LogP contribution in [0, 0.1) is 24.7 Å². The summed E-state index contributed by atoms with van der Waals surface area (Å²) in [6, 6.07) is 7.05. The Labute approximate surface area is 219 Å². The molecule has 3 heterocycles. The molecule has 0 radical (unpaired) electrons. The highest BCUT2D eigenvalue weighted by Gasteiger charge is 2.73.